The maximum atomic E-state index is 11.7. The average molecular weight is 216 g/mol. The fraction of sp³-hybridized carbons (Fsp3) is 0.533. The van der Waals surface area contributed by atoms with E-state index in [9.17, 15) is 4.79 Å². The molecule has 0 bridgehead atoms. The molecule has 1 heteroatoms. The molecule has 2 rings (SSSR count). The van der Waals surface area contributed by atoms with Crippen molar-refractivity contribution in [3.63, 3.8) is 0 Å². The molecule has 0 saturated heterocycles. The smallest absolute Gasteiger partial charge is 0.181 e. The van der Waals surface area contributed by atoms with Crippen LogP contribution in [-0.2, 0) is 4.79 Å². The molecule has 0 aromatic heterocycles. The Morgan fingerprint density at radius 3 is 2.88 bits per heavy atom. The summed E-state index contributed by atoms with van der Waals surface area (Å²) in [5.41, 5.74) is 3.70. The van der Waals surface area contributed by atoms with Gasteiger partial charge >= 0.3 is 0 Å². The quantitative estimate of drug-likeness (QED) is 0.609. The minimum Gasteiger partial charge on any atom is -0.290 e. The van der Waals surface area contributed by atoms with E-state index < -0.39 is 0 Å². The molecule has 2 aliphatic carbocycles. The minimum atomic E-state index is 0.129. The van der Waals surface area contributed by atoms with Crippen LogP contribution in [0, 0.1) is 11.3 Å². The molecule has 2 aliphatic rings. The molecule has 0 heterocycles. The number of hydrogen-bond donors (Lipinski definition) is 0. The molecule has 0 aliphatic heterocycles. The van der Waals surface area contributed by atoms with Crippen LogP contribution in [0.2, 0.25) is 0 Å². The predicted octanol–water partition coefficient (Wildman–Crippen LogP) is 3.82. The van der Waals surface area contributed by atoms with Crippen molar-refractivity contribution < 1.29 is 4.79 Å². The summed E-state index contributed by atoms with van der Waals surface area (Å²) in [7, 11) is 0. The molecule has 0 N–H and O–H groups in total. The first-order chi connectivity index (χ1) is 7.44. The van der Waals surface area contributed by atoms with E-state index in [1.165, 1.54) is 17.6 Å². The fourth-order valence-electron chi connectivity index (χ4n) is 2.93. The van der Waals surface area contributed by atoms with Gasteiger partial charge in [-0.2, -0.15) is 0 Å². The van der Waals surface area contributed by atoms with E-state index in [4.69, 9.17) is 0 Å². The second-order valence-corrected chi connectivity index (χ2v) is 5.50. The monoisotopic (exact) mass is 216 g/mol. The van der Waals surface area contributed by atoms with E-state index in [0.717, 1.165) is 18.4 Å². The Hall–Kier alpha value is -1.11. The number of allylic oxidation sites excluding steroid dienone is 5. The van der Waals surface area contributed by atoms with E-state index >= 15 is 0 Å². The fourth-order valence-corrected chi connectivity index (χ4v) is 2.93. The van der Waals surface area contributed by atoms with Crippen molar-refractivity contribution in [1.29, 1.82) is 0 Å². The molecular weight excluding hydrogens is 196 g/mol. The Morgan fingerprint density at radius 1 is 1.56 bits per heavy atom. The third-order valence-corrected chi connectivity index (χ3v) is 4.27. The molecule has 16 heavy (non-hydrogen) atoms. The van der Waals surface area contributed by atoms with E-state index in [1.54, 1.807) is 6.08 Å². The lowest BCUT2D eigenvalue weighted by atomic mass is 9.63. The van der Waals surface area contributed by atoms with Gasteiger partial charge in [0, 0.05) is 5.41 Å². The number of carbonyl (C=O) groups excluding carboxylic acids is 1. The average Bonchev–Trinajstić information content (AvgIpc) is 2.24. The molecule has 1 nitrogen and oxygen atoms in total. The molecule has 0 unspecified atom stereocenters. The third-order valence-electron chi connectivity index (χ3n) is 4.27. The van der Waals surface area contributed by atoms with Gasteiger partial charge in [-0.3, -0.25) is 4.79 Å². The van der Waals surface area contributed by atoms with Gasteiger partial charge in [0.2, 0.25) is 0 Å². The molecular formula is C15H20O. The van der Waals surface area contributed by atoms with Crippen LogP contribution >= 0.6 is 0 Å². The van der Waals surface area contributed by atoms with Gasteiger partial charge in [-0.1, -0.05) is 30.7 Å². The number of rotatable bonds is 1. The highest BCUT2D eigenvalue weighted by molar-refractivity contribution is 6.05. The minimum absolute atomic E-state index is 0.129. The van der Waals surface area contributed by atoms with Crippen LogP contribution in [0.25, 0.3) is 0 Å². The van der Waals surface area contributed by atoms with Crippen LogP contribution in [0.1, 0.15) is 40.0 Å². The van der Waals surface area contributed by atoms with E-state index in [2.05, 4.69) is 26.5 Å². The number of hydrogen-bond acceptors (Lipinski definition) is 1. The molecule has 2 atom stereocenters. The lowest BCUT2D eigenvalue weighted by Crippen LogP contribution is -2.30. The van der Waals surface area contributed by atoms with Crippen molar-refractivity contribution >= 4 is 5.78 Å². The third kappa shape index (κ3) is 1.68. The Labute approximate surface area is 97.9 Å². The summed E-state index contributed by atoms with van der Waals surface area (Å²) in [4.78, 5) is 11.7. The zero-order valence-electron chi connectivity index (χ0n) is 10.5. The highest BCUT2D eigenvalue weighted by Crippen LogP contribution is 2.48. The van der Waals surface area contributed by atoms with Gasteiger partial charge in [0.05, 0.1) is 0 Å². The maximum Gasteiger partial charge on any atom is 0.181 e. The van der Waals surface area contributed by atoms with Crippen LogP contribution in [0.4, 0.5) is 0 Å². The van der Waals surface area contributed by atoms with Crippen molar-refractivity contribution in [3.8, 4) is 0 Å². The predicted molar refractivity (Wildman–Crippen MR) is 67.1 cm³/mol. The van der Waals surface area contributed by atoms with Crippen LogP contribution in [-0.4, -0.2) is 5.78 Å². The first kappa shape index (κ1) is 11.4. The van der Waals surface area contributed by atoms with Crippen molar-refractivity contribution in [2.24, 2.45) is 11.3 Å². The highest BCUT2D eigenvalue weighted by atomic mass is 16.1. The summed E-state index contributed by atoms with van der Waals surface area (Å²) in [6, 6.07) is 0. The van der Waals surface area contributed by atoms with Crippen molar-refractivity contribution in [1.82, 2.24) is 0 Å². The van der Waals surface area contributed by atoms with Gasteiger partial charge in [0.1, 0.15) is 0 Å². The normalized spacial score (nSPS) is 33.9. The van der Waals surface area contributed by atoms with Gasteiger partial charge in [-0.25, -0.2) is 0 Å². The van der Waals surface area contributed by atoms with E-state index in [-0.39, 0.29) is 11.2 Å². The van der Waals surface area contributed by atoms with Crippen molar-refractivity contribution in [2.75, 3.05) is 0 Å². The summed E-state index contributed by atoms with van der Waals surface area (Å²) in [5, 5.41) is 0. The molecule has 0 amide bonds. The lowest BCUT2D eigenvalue weighted by Gasteiger charge is -2.41. The van der Waals surface area contributed by atoms with Gasteiger partial charge in [-0.15, -0.1) is 0 Å². The highest BCUT2D eigenvalue weighted by Gasteiger charge is 2.37. The molecule has 1 saturated carbocycles. The Kier molecular flexibility index (Phi) is 2.65. The molecule has 0 aromatic carbocycles. The summed E-state index contributed by atoms with van der Waals surface area (Å²) in [6.45, 7) is 10.4. The zero-order chi connectivity index (χ0) is 11.9. The Bertz CT molecular complexity index is 411. The van der Waals surface area contributed by atoms with Gasteiger partial charge in [0.15, 0.2) is 5.78 Å². The zero-order valence-corrected chi connectivity index (χ0v) is 10.5. The van der Waals surface area contributed by atoms with Crippen LogP contribution in [0.3, 0.4) is 0 Å². The lowest BCUT2D eigenvalue weighted by molar-refractivity contribution is -0.111. The molecule has 0 spiro atoms. The van der Waals surface area contributed by atoms with Crippen molar-refractivity contribution in [3.05, 3.63) is 35.5 Å². The largest absolute Gasteiger partial charge is 0.290 e. The molecule has 86 valence electrons. The second kappa shape index (κ2) is 3.73. The SMILES string of the molecule is C=C(C)[C@H]1CC[C@]2(C)C=CC(=O)C(C)=C2C1. The first-order valence-electron chi connectivity index (χ1n) is 6.03. The van der Waals surface area contributed by atoms with Crippen LogP contribution in [0.15, 0.2) is 35.5 Å². The molecule has 0 radical (unpaired) electrons. The van der Waals surface area contributed by atoms with Gasteiger partial charge < -0.3 is 0 Å². The van der Waals surface area contributed by atoms with E-state index in [0.29, 0.717) is 5.92 Å². The van der Waals surface area contributed by atoms with E-state index in [1.807, 2.05) is 6.92 Å². The van der Waals surface area contributed by atoms with Gasteiger partial charge in [-0.05, 0) is 50.7 Å². The standard InChI is InChI=1S/C15H20O/c1-10(2)12-5-7-15(4)8-6-14(16)11(3)13(15)9-12/h6,8,12H,1,5,7,9H2,2-4H3/t12-,15+/m0/s1. The molecule has 1 fully saturated rings. The first-order valence-corrected chi connectivity index (χ1v) is 6.03. The number of ketones is 1. The Morgan fingerprint density at radius 2 is 2.25 bits per heavy atom. The van der Waals surface area contributed by atoms with Gasteiger partial charge in [0.25, 0.3) is 0 Å². The van der Waals surface area contributed by atoms with Crippen LogP contribution < -0.4 is 0 Å². The van der Waals surface area contributed by atoms with Crippen LogP contribution in [0.5, 0.6) is 0 Å². The number of fused-ring (bicyclic) bond motifs is 1. The second-order valence-electron chi connectivity index (χ2n) is 5.50. The summed E-state index contributed by atoms with van der Waals surface area (Å²) >= 11 is 0. The van der Waals surface area contributed by atoms with Crippen molar-refractivity contribution in [2.45, 2.75) is 40.0 Å². The number of carbonyl (C=O) groups is 1. The molecule has 0 aromatic rings. The maximum absolute atomic E-state index is 11.7. The summed E-state index contributed by atoms with van der Waals surface area (Å²) in [5.74, 6) is 0.757. The summed E-state index contributed by atoms with van der Waals surface area (Å²) < 4.78 is 0. The topological polar surface area (TPSA) is 17.1 Å². The Balaban J connectivity index is 2.37. The summed E-state index contributed by atoms with van der Waals surface area (Å²) in [6.07, 6.45) is 7.21.